The molecule has 102 valence electrons. The van der Waals surface area contributed by atoms with E-state index in [0.29, 0.717) is 0 Å². The lowest BCUT2D eigenvalue weighted by Gasteiger charge is -2.07. The Kier molecular flexibility index (Phi) is 5.44. The molecule has 0 fully saturated rings. The third-order valence-electron chi connectivity index (χ3n) is 2.86. The fourth-order valence-electron chi connectivity index (χ4n) is 1.68. The van der Waals surface area contributed by atoms with Gasteiger partial charge in [-0.2, -0.15) is 0 Å². The highest BCUT2D eigenvalue weighted by Gasteiger charge is 2.05. The molecule has 4 nitrogen and oxygen atoms in total. The van der Waals surface area contributed by atoms with Crippen molar-refractivity contribution in [2.45, 2.75) is 32.4 Å². The Morgan fingerprint density at radius 2 is 2.26 bits per heavy atom. The number of aliphatic hydroxyl groups excluding tert-OH is 1. The van der Waals surface area contributed by atoms with Crippen molar-refractivity contribution in [3.05, 3.63) is 35.5 Å². The smallest absolute Gasteiger partial charge is 0.142 e. The fraction of sp³-hybridized carbons (Fsp3) is 0.429. The summed E-state index contributed by atoms with van der Waals surface area (Å²) in [6, 6.07) is 5.83. The Balaban J connectivity index is 1.82. The van der Waals surface area contributed by atoms with Gasteiger partial charge in [0, 0.05) is 23.8 Å². The second-order valence-electron chi connectivity index (χ2n) is 4.37. The Labute approximate surface area is 117 Å². The molecule has 0 amide bonds. The van der Waals surface area contributed by atoms with E-state index < -0.39 is 0 Å². The number of nitrogens with one attached hydrogen (secondary N) is 1. The molecule has 19 heavy (non-hydrogen) atoms. The van der Waals surface area contributed by atoms with Crippen LogP contribution in [-0.4, -0.2) is 27.7 Å². The van der Waals surface area contributed by atoms with Gasteiger partial charge < -0.3 is 10.4 Å². The Hall–Kier alpha value is -1.30. The lowest BCUT2D eigenvalue weighted by atomic mass is 10.2. The van der Waals surface area contributed by atoms with E-state index in [0.717, 1.165) is 36.6 Å². The number of aliphatic hydroxyl groups is 1. The van der Waals surface area contributed by atoms with Crippen molar-refractivity contribution in [2.75, 3.05) is 6.54 Å². The molecule has 5 heteroatoms. The zero-order valence-electron chi connectivity index (χ0n) is 11.0. The Bertz CT molecular complexity index is 486. The van der Waals surface area contributed by atoms with Crippen LogP contribution in [0.2, 0.25) is 0 Å². The lowest BCUT2D eigenvalue weighted by molar-refractivity contribution is 0.160. The molecule has 2 rings (SSSR count). The summed E-state index contributed by atoms with van der Waals surface area (Å²) in [7, 11) is 0. The molecule has 2 heterocycles. The van der Waals surface area contributed by atoms with Gasteiger partial charge in [0.15, 0.2) is 0 Å². The number of nitrogens with zero attached hydrogens (tertiary/aromatic N) is 2. The molecular formula is C14H19N3OS. The van der Waals surface area contributed by atoms with Gasteiger partial charge in [-0.25, -0.2) is 4.98 Å². The summed E-state index contributed by atoms with van der Waals surface area (Å²) in [6.07, 6.45) is 5.07. The molecule has 0 bridgehead atoms. The maximum atomic E-state index is 9.45. The standard InChI is InChI=1S/C14H19N3OS/c1-2-11(18)6-8-15-9-12-10-17-14(19-12)13-5-3-4-7-16-13/h3-5,7,10-11,15,18H,2,6,8-9H2,1H3. The quantitative estimate of drug-likeness (QED) is 0.763. The van der Waals surface area contributed by atoms with Gasteiger partial charge in [-0.3, -0.25) is 4.98 Å². The molecule has 2 N–H and O–H groups in total. The van der Waals surface area contributed by atoms with Crippen LogP contribution in [0.15, 0.2) is 30.6 Å². The normalized spacial score (nSPS) is 12.5. The van der Waals surface area contributed by atoms with Crippen LogP contribution in [0.3, 0.4) is 0 Å². The van der Waals surface area contributed by atoms with Crippen molar-refractivity contribution in [3.8, 4) is 10.7 Å². The van der Waals surface area contributed by atoms with Crippen LogP contribution in [0.1, 0.15) is 24.6 Å². The lowest BCUT2D eigenvalue weighted by Crippen LogP contribution is -2.19. The Morgan fingerprint density at radius 1 is 1.37 bits per heavy atom. The summed E-state index contributed by atoms with van der Waals surface area (Å²) in [4.78, 5) is 9.86. The molecule has 0 aromatic carbocycles. The second kappa shape index (κ2) is 7.33. The SMILES string of the molecule is CCC(O)CCNCc1cnc(-c2ccccn2)s1. The van der Waals surface area contributed by atoms with Crippen molar-refractivity contribution >= 4 is 11.3 Å². The van der Waals surface area contributed by atoms with E-state index in [1.54, 1.807) is 17.5 Å². The van der Waals surface area contributed by atoms with Gasteiger partial charge in [0.05, 0.1) is 11.8 Å². The van der Waals surface area contributed by atoms with E-state index >= 15 is 0 Å². The minimum Gasteiger partial charge on any atom is -0.393 e. The Morgan fingerprint density at radius 3 is 3.00 bits per heavy atom. The monoisotopic (exact) mass is 277 g/mol. The zero-order chi connectivity index (χ0) is 13.5. The van der Waals surface area contributed by atoms with E-state index in [4.69, 9.17) is 0 Å². The van der Waals surface area contributed by atoms with Crippen LogP contribution < -0.4 is 5.32 Å². The van der Waals surface area contributed by atoms with E-state index in [2.05, 4.69) is 15.3 Å². The molecule has 0 radical (unpaired) electrons. The molecule has 1 unspecified atom stereocenters. The van der Waals surface area contributed by atoms with Crippen LogP contribution in [-0.2, 0) is 6.54 Å². The van der Waals surface area contributed by atoms with Crippen LogP contribution in [0.25, 0.3) is 10.7 Å². The summed E-state index contributed by atoms with van der Waals surface area (Å²) in [5.74, 6) is 0. The summed E-state index contributed by atoms with van der Waals surface area (Å²) in [6.45, 7) is 3.61. The topological polar surface area (TPSA) is 58.0 Å². The van der Waals surface area contributed by atoms with Crippen LogP contribution >= 0.6 is 11.3 Å². The highest BCUT2D eigenvalue weighted by Crippen LogP contribution is 2.22. The number of thiazole rings is 1. The predicted molar refractivity (Wildman–Crippen MR) is 78.0 cm³/mol. The molecule has 1 atom stereocenters. The number of hydrogen-bond acceptors (Lipinski definition) is 5. The van der Waals surface area contributed by atoms with Crippen LogP contribution in [0.5, 0.6) is 0 Å². The number of pyridine rings is 1. The first-order valence-electron chi connectivity index (χ1n) is 6.54. The molecule has 0 saturated heterocycles. The number of rotatable bonds is 7. The van der Waals surface area contributed by atoms with Gasteiger partial charge in [0.1, 0.15) is 5.01 Å². The van der Waals surface area contributed by atoms with E-state index in [-0.39, 0.29) is 6.10 Å². The molecule has 0 spiro atoms. The van der Waals surface area contributed by atoms with Crippen molar-refractivity contribution in [1.82, 2.24) is 15.3 Å². The maximum absolute atomic E-state index is 9.45. The average Bonchev–Trinajstić information content (AvgIpc) is 2.93. The van der Waals surface area contributed by atoms with Crippen LogP contribution in [0.4, 0.5) is 0 Å². The summed E-state index contributed by atoms with van der Waals surface area (Å²) < 4.78 is 0. The average molecular weight is 277 g/mol. The molecule has 2 aromatic heterocycles. The van der Waals surface area contributed by atoms with Gasteiger partial charge in [-0.1, -0.05) is 13.0 Å². The van der Waals surface area contributed by atoms with E-state index in [9.17, 15) is 5.11 Å². The first-order valence-corrected chi connectivity index (χ1v) is 7.36. The summed E-state index contributed by atoms with van der Waals surface area (Å²) in [5.41, 5.74) is 0.917. The van der Waals surface area contributed by atoms with Gasteiger partial charge in [0.2, 0.25) is 0 Å². The summed E-state index contributed by atoms with van der Waals surface area (Å²) in [5, 5.41) is 13.7. The molecule has 2 aromatic rings. The first kappa shape index (κ1) is 14.1. The highest BCUT2D eigenvalue weighted by atomic mass is 32.1. The van der Waals surface area contributed by atoms with Gasteiger partial charge in [-0.15, -0.1) is 11.3 Å². The molecule has 0 aliphatic rings. The maximum Gasteiger partial charge on any atom is 0.142 e. The number of aromatic nitrogens is 2. The largest absolute Gasteiger partial charge is 0.393 e. The molecule has 0 saturated carbocycles. The molecule has 0 aliphatic heterocycles. The van der Waals surface area contributed by atoms with Crippen molar-refractivity contribution in [3.63, 3.8) is 0 Å². The zero-order valence-corrected chi connectivity index (χ0v) is 11.9. The van der Waals surface area contributed by atoms with Crippen molar-refractivity contribution in [1.29, 1.82) is 0 Å². The van der Waals surface area contributed by atoms with E-state index in [1.165, 1.54) is 4.88 Å². The third kappa shape index (κ3) is 4.38. The number of hydrogen-bond donors (Lipinski definition) is 2. The predicted octanol–water partition coefficient (Wildman–Crippen LogP) is 2.46. The first-order chi connectivity index (χ1) is 9.29. The van der Waals surface area contributed by atoms with Crippen LogP contribution in [0, 0.1) is 0 Å². The van der Waals surface area contributed by atoms with Gasteiger partial charge in [-0.05, 0) is 31.5 Å². The summed E-state index contributed by atoms with van der Waals surface area (Å²) >= 11 is 1.65. The highest BCUT2D eigenvalue weighted by molar-refractivity contribution is 7.14. The van der Waals surface area contributed by atoms with Crippen molar-refractivity contribution < 1.29 is 5.11 Å². The van der Waals surface area contributed by atoms with Gasteiger partial charge >= 0.3 is 0 Å². The second-order valence-corrected chi connectivity index (χ2v) is 5.49. The minimum atomic E-state index is -0.196. The van der Waals surface area contributed by atoms with Gasteiger partial charge in [0.25, 0.3) is 0 Å². The van der Waals surface area contributed by atoms with E-state index in [1.807, 2.05) is 31.3 Å². The fourth-order valence-corrected chi connectivity index (χ4v) is 2.54. The van der Waals surface area contributed by atoms with Crippen molar-refractivity contribution in [2.24, 2.45) is 0 Å². The minimum absolute atomic E-state index is 0.196. The molecular weight excluding hydrogens is 258 g/mol. The molecule has 0 aliphatic carbocycles. The third-order valence-corrected chi connectivity index (χ3v) is 3.88.